The minimum atomic E-state index is 0.736. The minimum absolute atomic E-state index is 0.736. The molecule has 0 radical (unpaired) electrons. The number of hydrogen-bond donors (Lipinski definition) is 1. The Kier molecular flexibility index (Phi) is 4.15. The van der Waals surface area contributed by atoms with Crippen LogP contribution < -0.4 is 5.32 Å². The summed E-state index contributed by atoms with van der Waals surface area (Å²) in [5.74, 6) is 1.08. The maximum absolute atomic E-state index is 4.75. The fourth-order valence-electron chi connectivity index (χ4n) is 2.58. The van der Waals surface area contributed by atoms with E-state index in [-0.39, 0.29) is 0 Å². The molecule has 0 spiro atoms. The molecule has 1 aromatic heterocycles. The van der Waals surface area contributed by atoms with E-state index in [0.717, 1.165) is 24.4 Å². The van der Waals surface area contributed by atoms with E-state index in [1.54, 1.807) is 11.8 Å². The quantitative estimate of drug-likeness (QED) is 0.708. The first-order valence-electron chi connectivity index (χ1n) is 7.14. The lowest BCUT2D eigenvalue weighted by atomic mass is 10.3. The van der Waals surface area contributed by atoms with Crippen LogP contribution in [0.3, 0.4) is 0 Å². The first kappa shape index (κ1) is 14.0. The summed E-state index contributed by atoms with van der Waals surface area (Å²) in [5.41, 5.74) is 3.43. The molecular weight excluding hydrogens is 278 g/mol. The lowest BCUT2D eigenvalue weighted by molar-refractivity contribution is 0.728. The van der Waals surface area contributed by atoms with E-state index < -0.39 is 0 Å². The van der Waals surface area contributed by atoms with Gasteiger partial charge in [0.15, 0.2) is 0 Å². The third-order valence-corrected chi connectivity index (χ3v) is 4.39. The number of nitrogens with zero attached hydrogens (tertiary/aromatic N) is 2. The van der Waals surface area contributed by atoms with Gasteiger partial charge in [-0.05, 0) is 37.4 Å². The molecular formula is C17H19N3S. The SMILES string of the molecule is CCn1c(CNc2ccccc2SC)nc2ccccc21. The first-order valence-corrected chi connectivity index (χ1v) is 8.37. The standard InChI is InChI=1S/C17H19N3S/c1-3-20-15-10-6-4-8-13(15)19-17(20)12-18-14-9-5-7-11-16(14)21-2/h4-11,18H,3,12H2,1-2H3. The summed E-state index contributed by atoms with van der Waals surface area (Å²) in [6, 6.07) is 16.7. The molecule has 0 bridgehead atoms. The van der Waals surface area contributed by atoms with Crippen molar-refractivity contribution in [2.24, 2.45) is 0 Å². The molecule has 3 nitrogen and oxygen atoms in total. The fourth-order valence-corrected chi connectivity index (χ4v) is 3.15. The summed E-state index contributed by atoms with van der Waals surface area (Å²) in [7, 11) is 0. The van der Waals surface area contributed by atoms with Crippen molar-refractivity contribution in [1.29, 1.82) is 0 Å². The highest BCUT2D eigenvalue weighted by Gasteiger charge is 2.09. The van der Waals surface area contributed by atoms with Crippen LogP contribution in [0.1, 0.15) is 12.7 Å². The molecule has 0 fully saturated rings. The molecule has 3 aromatic rings. The van der Waals surface area contributed by atoms with Crippen LogP contribution >= 0.6 is 11.8 Å². The molecule has 0 unspecified atom stereocenters. The van der Waals surface area contributed by atoms with Crippen LogP contribution in [0.25, 0.3) is 11.0 Å². The molecule has 4 heteroatoms. The van der Waals surface area contributed by atoms with Crippen molar-refractivity contribution >= 4 is 28.5 Å². The maximum atomic E-state index is 4.75. The number of anilines is 1. The topological polar surface area (TPSA) is 29.9 Å². The number of imidazole rings is 1. The fraction of sp³-hybridized carbons (Fsp3) is 0.235. The van der Waals surface area contributed by atoms with Crippen LogP contribution in [0.5, 0.6) is 0 Å². The second-order valence-electron chi connectivity index (χ2n) is 4.81. The second kappa shape index (κ2) is 6.22. The van der Waals surface area contributed by atoms with Crippen molar-refractivity contribution in [2.75, 3.05) is 11.6 Å². The zero-order valence-electron chi connectivity index (χ0n) is 12.3. The van der Waals surface area contributed by atoms with Gasteiger partial charge in [0.25, 0.3) is 0 Å². The largest absolute Gasteiger partial charge is 0.377 e. The number of aromatic nitrogens is 2. The number of hydrogen-bond acceptors (Lipinski definition) is 3. The average Bonchev–Trinajstić information content (AvgIpc) is 2.90. The molecule has 0 aliphatic rings. The number of benzene rings is 2. The van der Waals surface area contributed by atoms with E-state index in [0.29, 0.717) is 0 Å². The van der Waals surface area contributed by atoms with E-state index in [1.165, 1.54) is 16.1 Å². The van der Waals surface area contributed by atoms with Gasteiger partial charge in [-0.15, -0.1) is 11.8 Å². The molecule has 0 atom stereocenters. The molecule has 0 aliphatic carbocycles. The van der Waals surface area contributed by atoms with Gasteiger partial charge in [0.1, 0.15) is 5.82 Å². The predicted molar refractivity (Wildman–Crippen MR) is 91.0 cm³/mol. The van der Waals surface area contributed by atoms with E-state index in [1.807, 2.05) is 6.07 Å². The summed E-state index contributed by atoms with van der Waals surface area (Å²) < 4.78 is 2.27. The Morgan fingerprint density at radius 2 is 1.86 bits per heavy atom. The van der Waals surface area contributed by atoms with Crippen molar-refractivity contribution in [3.63, 3.8) is 0 Å². The second-order valence-corrected chi connectivity index (χ2v) is 5.66. The van der Waals surface area contributed by atoms with Gasteiger partial charge in [0.05, 0.1) is 17.6 Å². The molecule has 0 saturated carbocycles. The Morgan fingerprint density at radius 1 is 1.10 bits per heavy atom. The van der Waals surface area contributed by atoms with Crippen LogP contribution in [0.2, 0.25) is 0 Å². The predicted octanol–water partition coefficient (Wildman–Crippen LogP) is 4.39. The molecule has 108 valence electrons. The lowest BCUT2D eigenvalue weighted by Crippen LogP contribution is -2.08. The monoisotopic (exact) mass is 297 g/mol. The Hall–Kier alpha value is -1.94. The Morgan fingerprint density at radius 3 is 2.67 bits per heavy atom. The van der Waals surface area contributed by atoms with Gasteiger partial charge in [-0.3, -0.25) is 0 Å². The van der Waals surface area contributed by atoms with Crippen molar-refractivity contribution in [3.8, 4) is 0 Å². The number of fused-ring (bicyclic) bond motifs is 1. The van der Waals surface area contributed by atoms with Crippen LogP contribution in [0.15, 0.2) is 53.4 Å². The van der Waals surface area contributed by atoms with Gasteiger partial charge in [-0.1, -0.05) is 24.3 Å². The van der Waals surface area contributed by atoms with Gasteiger partial charge >= 0.3 is 0 Å². The van der Waals surface area contributed by atoms with Crippen molar-refractivity contribution in [2.45, 2.75) is 24.9 Å². The average molecular weight is 297 g/mol. The van der Waals surface area contributed by atoms with Gasteiger partial charge in [-0.25, -0.2) is 4.98 Å². The highest BCUT2D eigenvalue weighted by molar-refractivity contribution is 7.98. The smallest absolute Gasteiger partial charge is 0.129 e. The number of rotatable bonds is 5. The molecule has 0 amide bonds. The molecule has 0 aliphatic heterocycles. The van der Waals surface area contributed by atoms with E-state index in [4.69, 9.17) is 4.98 Å². The summed E-state index contributed by atoms with van der Waals surface area (Å²) in [4.78, 5) is 6.01. The first-order chi connectivity index (χ1) is 10.3. The Labute approximate surface area is 129 Å². The Bertz CT molecular complexity index is 749. The third-order valence-electron chi connectivity index (χ3n) is 3.59. The lowest BCUT2D eigenvalue weighted by Gasteiger charge is -2.11. The van der Waals surface area contributed by atoms with Crippen molar-refractivity contribution < 1.29 is 0 Å². The number of thioether (sulfide) groups is 1. The van der Waals surface area contributed by atoms with Gasteiger partial charge in [0, 0.05) is 17.1 Å². The summed E-state index contributed by atoms with van der Waals surface area (Å²) in [6.45, 7) is 3.83. The van der Waals surface area contributed by atoms with Crippen LogP contribution in [0.4, 0.5) is 5.69 Å². The Balaban J connectivity index is 1.88. The minimum Gasteiger partial charge on any atom is -0.377 e. The maximum Gasteiger partial charge on any atom is 0.129 e. The summed E-state index contributed by atoms with van der Waals surface area (Å²) in [6.07, 6.45) is 2.10. The number of nitrogens with one attached hydrogen (secondary N) is 1. The zero-order chi connectivity index (χ0) is 14.7. The van der Waals surface area contributed by atoms with E-state index >= 15 is 0 Å². The summed E-state index contributed by atoms with van der Waals surface area (Å²) >= 11 is 1.76. The highest BCUT2D eigenvalue weighted by Crippen LogP contribution is 2.25. The molecule has 3 rings (SSSR count). The normalized spacial score (nSPS) is 11.0. The molecule has 1 N–H and O–H groups in total. The summed E-state index contributed by atoms with van der Waals surface area (Å²) in [5, 5.41) is 3.51. The zero-order valence-corrected chi connectivity index (χ0v) is 13.2. The van der Waals surface area contributed by atoms with Crippen molar-refractivity contribution in [1.82, 2.24) is 9.55 Å². The molecule has 1 heterocycles. The van der Waals surface area contributed by atoms with Crippen LogP contribution in [0, 0.1) is 0 Å². The molecule has 21 heavy (non-hydrogen) atoms. The van der Waals surface area contributed by atoms with Crippen LogP contribution in [-0.4, -0.2) is 15.8 Å². The van der Waals surface area contributed by atoms with Gasteiger partial charge < -0.3 is 9.88 Å². The van der Waals surface area contributed by atoms with Crippen LogP contribution in [-0.2, 0) is 13.1 Å². The third kappa shape index (κ3) is 2.76. The van der Waals surface area contributed by atoms with Gasteiger partial charge in [-0.2, -0.15) is 0 Å². The van der Waals surface area contributed by atoms with E-state index in [9.17, 15) is 0 Å². The highest BCUT2D eigenvalue weighted by atomic mass is 32.2. The number of para-hydroxylation sites is 3. The molecule has 2 aromatic carbocycles. The van der Waals surface area contributed by atoms with E-state index in [2.05, 4.69) is 65.5 Å². The molecule has 0 saturated heterocycles. The number of aryl methyl sites for hydroxylation is 1. The van der Waals surface area contributed by atoms with Crippen molar-refractivity contribution in [3.05, 3.63) is 54.4 Å². The van der Waals surface area contributed by atoms with Gasteiger partial charge in [0.2, 0.25) is 0 Å².